The molecular weight excluding hydrogens is 334 g/mol. The number of carbonyl (C=O) groups excluding carboxylic acids is 1. The molecule has 4 rings (SSSR count). The van der Waals surface area contributed by atoms with Crippen LogP contribution in [0.4, 0.5) is 0 Å². The van der Waals surface area contributed by atoms with Crippen molar-refractivity contribution in [2.24, 2.45) is 11.8 Å². The fourth-order valence-corrected chi connectivity index (χ4v) is 4.02. The molecule has 0 unspecified atom stereocenters. The number of nitrogens with zero attached hydrogens (tertiary/aromatic N) is 3. The molecule has 0 aromatic carbocycles. The van der Waals surface area contributed by atoms with Crippen LogP contribution in [0.1, 0.15) is 40.3 Å². The Morgan fingerprint density at radius 3 is 2.42 bits per heavy atom. The van der Waals surface area contributed by atoms with Crippen molar-refractivity contribution in [3.63, 3.8) is 0 Å². The predicted octanol–water partition coefficient (Wildman–Crippen LogP) is 1.96. The first kappa shape index (κ1) is 16.8. The van der Waals surface area contributed by atoms with Crippen molar-refractivity contribution in [1.29, 1.82) is 0 Å². The molecule has 0 bridgehead atoms. The van der Waals surface area contributed by atoms with Crippen LogP contribution in [0.25, 0.3) is 0 Å². The number of hydrogen-bond acceptors (Lipinski definition) is 5. The van der Waals surface area contributed by atoms with E-state index < -0.39 is 5.97 Å². The number of carboxylic acid groups (broad SMARTS) is 1. The number of amides is 1. The van der Waals surface area contributed by atoms with Gasteiger partial charge in [0, 0.05) is 50.7 Å². The molecule has 26 heavy (non-hydrogen) atoms. The molecule has 0 atom stereocenters. The van der Waals surface area contributed by atoms with Gasteiger partial charge in [-0.15, -0.1) is 0 Å². The Morgan fingerprint density at radius 1 is 1.15 bits per heavy atom. The lowest BCUT2D eigenvalue weighted by atomic mass is 9.90. The lowest BCUT2D eigenvalue weighted by molar-refractivity contribution is -0.136. The van der Waals surface area contributed by atoms with Crippen LogP contribution in [0.2, 0.25) is 0 Å². The molecule has 7 heteroatoms. The average molecular weight is 355 g/mol. The molecule has 136 valence electrons. The van der Waals surface area contributed by atoms with Gasteiger partial charge in [0.25, 0.3) is 0 Å². The third-order valence-electron chi connectivity index (χ3n) is 5.47. The van der Waals surface area contributed by atoms with Crippen molar-refractivity contribution >= 4 is 11.9 Å². The minimum absolute atomic E-state index is 0.0485. The van der Waals surface area contributed by atoms with Crippen molar-refractivity contribution in [2.75, 3.05) is 13.1 Å². The molecule has 1 saturated heterocycles. The molecule has 0 spiro atoms. The van der Waals surface area contributed by atoms with E-state index in [0.717, 1.165) is 24.2 Å². The highest BCUT2D eigenvalue weighted by Gasteiger charge is 2.34. The van der Waals surface area contributed by atoms with E-state index in [9.17, 15) is 14.7 Å². The monoisotopic (exact) mass is 355 g/mol. The number of aromatic carboxylic acids is 1. The van der Waals surface area contributed by atoms with E-state index in [1.54, 1.807) is 12.4 Å². The SMILES string of the molecule is O=C(O)c1ccoc1CC1CCN(C(=O)C2Cc3nccnc3C2)CC1. The molecule has 0 radical (unpaired) electrons. The molecule has 2 aromatic rings. The van der Waals surface area contributed by atoms with Crippen molar-refractivity contribution in [2.45, 2.75) is 32.1 Å². The highest BCUT2D eigenvalue weighted by molar-refractivity contribution is 5.88. The highest BCUT2D eigenvalue weighted by Crippen LogP contribution is 2.28. The summed E-state index contributed by atoms with van der Waals surface area (Å²) in [6.07, 6.45) is 8.47. The summed E-state index contributed by atoms with van der Waals surface area (Å²) in [5.74, 6) is 0.0579. The zero-order valence-corrected chi connectivity index (χ0v) is 14.4. The minimum Gasteiger partial charge on any atom is -0.478 e. The summed E-state index contributed by atoms with van der Waals surface area (Å²) in [5, 5.41) is 9.17. The zero-order chi connectivity index (χ0) is 18.1. The van der Waals surface area contributed by atoms with E-state index in [1.165, 1.54) is 12.3 Å². The van der Waals surface area contributed by atoms with Crippen LogP contribution in [-0.4, -0.2) is 44.9 Å². The van der Waals surface area contributed by atoms with Crippen molar-refractivity contribution < 1.29 is 19.1 Å². The van der Waals surface area contributed by atoms with Crippen LogP contribution in [0, 0.1) is 11.8 Å². The van der Waals surface area contributed by atoms with E-state index >= 15 is 0 Å². The molecule has 2 aliphatic rings. The first-order chi connectivity index (χ1) is 12.6. The Kier molecular flexibility index (Phi) is 4.44. The highest BCUT2D eigenvalue weighted by atomic mass is 16.4. The van der Waals surface area contributed by atoms with Crippen LogP contribution in [0.15, 0.2) is 29.1 Å². The maximum absolute atomic E-state index is 12.8. The second-order valence-electron chi connectivity index (χ2n) is 7.09. The predicted molar refractivity (Wildman–Crippen MR) is 91.6 cm³/mol. The number of carbonyl (C=O) groups is 2. The summed E-state index contributed by atoms with van der Waals surface area (Å²) in [6, 6.07) is 1.50. The van der Waals surface area contributed by atoms with Gasteiger partial charge in [0.05, 0.1) is 17.7 Å². The molecule has 1 amide bonds. The topological polar surface area (TPSA) is 96.5 Å². The van der Waals surface area contributed by atoms with E-state index in [0.29, 0.717) is 44.0 Å². The molecule has 1 N–H and O–H groups in total. The number of carboxylic acids is 1. The second-order valence-corrected chi connectivity index (χ2v) is 7.09. The summed E-state index contributed by atoms with van der Waals surface area (Å²) in [7, 11) is 0. The Hall–Kier alpha value is -2.70. The Balaban J connectivity index is 1.32. The smallest absolute Gasteiger partial charge is 0.339 e. The van der Waals surface area contributed by atoms with Crippen LogP contribution >= 0.6 is 0 Å². The normalized spacial score (nSPS) is 18.1. The molecule has 1 fully saturated rings. The number of hydrogen-bond donors (Lipinski definition) is 1. The van der Waals surface area contributed by atoms with Gasteiger partial charge in [0.15, 0.2) is 0 Å². The van der Waals surface area contributed by atoms with E-state index in [4.69, 9.17) is 4.42 Å². The number of furan rings is 1. The van der Waals surface area contributed by atoms with Gasteiger partial charge in [0.1, 0.15) is 11.3 Å². The van der Waals surface area contributed by atoms with Crippen LogP contribution in [-0.2, 0) is 24.1 Å². The molecular formula is C19H21N3O4. The minimum atomic E-state index is -0.954. The van der Waals surface area contributed by atoms with E-state index in [-0.39, 0.29) is 17.4 Å². The molecule has 1 aliphatic carbocycles. The van der Waals surface area contributed by atoms with Gasteiger partial charge < -0.3 is 14.4 Å². The van der Waals surface area contributed by atoms with Crippen LogP contribution in [0.5, 0.6) is 0 Å². The zero-order valence-electron chi connectivity index (χ0n) is 14.4. The van der Waals surface area contributed by atoms with E-state index in [1.807, 2.05) is 4.90 Å². The number of likely N-dealkylation sites (tertiary alicyclic amines) is 1. The Morgan fingerprint density at radius 2 is 1.81 bits per heavy atom. The van der Waals surface area contributed by atoms with Gasteiger partial charge in [-0.05, 0) is 24.8 Å². The maximum Gasteiger partial charge on any atom is 0.339 e. The van der Waals surface area contributed by atoms with Crippen molar-refractivity contribution in [3.05, 3.63) is 47.4 Å². The summed E-state index contributed by atoms with van der Waals surface area (Å²) >= 11 is 0. The quantitative estimate of drug-likeness (QED) is 0.901. The standard InChI is InChI=1S/C19H21N3O4/c23-18(13-10-15-16(11-13)21-5-4-20-15)22-6-1-12(2-7-22)9-17-14(19(24)25)3-8-26-17/h3-5,8,12-13H,1-2,6-7,9-11H2,(H,24,25). The number of fused-ring (bicyclic) bond motifs is 1. The first-order valence-corrected chi connectivity index (χ1v) is 8.99. The van der Waals surface area contributed by atoms with Gasteiger partial charge in [-0.3, -0.25) is 14.8 Å². The molecule has 0 saturated carbocycles. The lowest BCUT2D eigenvalue weighted by Gasteiger charge is -2.33. The lowest BCUT2D eigenvalue weighted by Crippen LogP contribution is -2.42. The third-order valence-corrected chi connectivity index (χ3v) is 5.47. The number of aromatic nitrogens is 2. The molecule has 2 aromatic heterocycles. The summed E-state index contributed by atoms with van der Waals surface area (Å²) < 4.78 is 5.34. The Labute approximate surface area is 151 Å². The van der Waals surface area contributed by atoms with Crippen molar-refractivity contribution in [3.8, 4) is 0 Å². The fourth-order valence-electron chi connectivity index (χ4n) is 4.02. The van der Waals surface area contributed by atoms with E-state index in [2.05, 4.69) is 9.97 Å². The average Bonchev–Trinajstić information content (AvgIpc) is 3.28. The summed E-state index contributed by atoms with van der Waals surface area (Å²) in [5.41, 5.74) is 2.13. The van der Waals surface area contributed by atoms with Crippen LogP contribution in [0.3, 0.4) is 0 Å². The number of rotatable bonds is 4. The van der Waals surface area contributed by atoms with Gasteiger partial charge in [-0.25, -0.2) is 4.79 Å². The van der Waals surface area contributed by atoms with Crippen molar-refractivity contribution in [1.82, 2.24) is 14.9 Å². The number of piperidine rings is 1. The molecule has 1 aliphatic heterocycles. The van der Waals surface area contributed by atoms with Crippen LogP contribution < -0.4 is 0 Å². The second kappa shape index (κ2) is 6.90. The Bertz CT molecular complexity index is 799. The molecule has 3 heterocycles. The third kappa shape index (κ3) is 3.21. The summed E-state index contributed by atoms with van der Waals surface area (Å²) in [6.45, 7) is 1.42. The van der Waals surface area contributed by atoms with Gasteiger partial charge in [0.2, 0.25) is 5.91 Å². The van der Waals surface area contributed by atoms with Gasteiger partial charge >= 0.3 is 5.97 Å². The summed E-state index contributed by atoms with van der Waals surface area (Å²) in [4.78, 5) is 34.6. The molecule has 7 nitrogen and oxygen atoms in total. The maximum atomic E-state index is 12.8. The van der Waals surface area contributed by atoms with Gasteiger partial charge in [-0.2, -0.15) is 0 Å². The first-order valence-electron chi connectivity index (χ1n) is 8.99. The largest absolute Gasteiger partial charge is 0.478 e. The fraction of sp³-hybridized carbons (Fsp3) is 0.474. The van der Waals surface area contributed by atoms with Gasteiger partial charge in [-0.1, -0.05) is 0 Å².